The van der Waals surface area contributed by atoms with Crippen molar-refractivity contribution in [2.45, 2.75) is 25.0 Å². The number of nitrogens with one attached hydrogen (secondary N) is 1. The number of imidazole rings is 1. The lowest BCUT2D eigenvalue weighted by Gasteiger charge is -2.05. The molecule has 5 nitrogen and oxygen atoms in total. The number of hydrogen-bond acceptors (Lipinski definition) is 4. The van der Waals surface area contributed by atoms with Crippen LogP contribution in [0.5, 0.6) is 0 Å². The molecule has 0 amide bonds. The van der Waals surface area contributed by atoms with Crippen LogP contribution in [0.3, 0.4) is 0 Å². The zero-order valence-electron chi connectivity index (χ0n) is 11.7. The summed E-state index contributed by atoms with van der Waals surface area (Å²) >= 11 is 1.61. The second-order valence-electron chi connectivity index (χ2n) is 4.35. The van der Waals surface area contributed by atoms with E-state index in [2.05, 4.69) is 27.3 Å². The second-order valence-corrected chi connectivity index (χ2v) is 7.46. The van der Waals surface area contributed by atoms with Crippen LogP contribution in [0, 0.1) is 0 Å². The fourth-order valence-electron chi connectivity index (χ4n) is 1.98. The summed E-state index contributed by atoms with van der Waals surface area (Å²) in [5.74, 6) is 0.896. The summed E-state index contributed by atoms with van der Waals surface area (Å²) in [6.07, 6.45) is 0.612. The zero-order valence-corrected chi connectivity index (χ0v) is 13.3. The van der Waals surface area contributed by atoms with E-state index in [1.54, 1.807) is 11.8 Å². The predicted octanol–water partition coefficient (Wildman–Crippen LogP) is 2.09. The summed E-state index contributed by atoms with van der Waals surface area (Å²) < 4.78 is 27.2. The molecule has 1 N–H and O–H groups in total. The molecule has 20 heavy (non-hydrogen) atoms. The van der Waals surface area contributed by atoms with Gasteiger partial charge in [0.1, 0.15) is 0 Å². The first-order valence-corrected chi connectivity index (χ1v) is 9.20. The number of nitrogens with zero attached hydrogens (tertiary/aromatic N) is 2. The van der Waals surface area contributed by atoms with Gasteiger partial charge >= 0.3 is 0 Å². The highest BCUT2D eigenvalue weighted by molar-refractivity contribution is 7.99. The minimum atomic E-state index is -3.10. The molecule has 1 heterocycles. The third-order valence-electron chi connectivity index (χ3n) is 3.04. The van der Waals surface area contributed by atoms with E-state index in [9.17, 15) is 8.42 Å². The number of rotatable bonds is 7. The summed E-state index contributed by atoms with van der Waals surface area (Å²) in [5, 5.41) is 0.954. The van der Waals surface area contributed by atoms with Crippen molar-refractivity contribution in [1.82, 2.24) is 14.3 Å². The molecule has 1 aromatic carbocycles. The quantitative estimate of drug-likeness (QED) is 0.628. The SMILES string of the molecule is CCn1c(SCCCS(=O)(=O)NC)nc2ccccc21. The molecule has 0 saturated carbocycles. The monoisotopic (exact) mass is 313 g/mol. The Balaban J connectivity index is 2.03. The van der Waals surface area contributed by atoms with Crippen molar-refractivity contribution in [1.29, 1.82) is 0 Å². The van der Waals surface area contributed by atoms with E-state index < -0.39 is 10.0 Å². The van der Waals surface area contributed by atoms with E-state index in [-0.39, 0.29) is 5.75 Å². The molecule has 0 unspecified atom stereocenters. The third kappa shape index (κ3) is 3.53. The van der Waals surface area contributed by atoms with Crippen molar-refractivity contribution >= 4 is 32.8 Å². The summed E-state index contributed by atoms with van der Waals surface area (Å²) in [6, 6.07) is 8.03. The molecule has 0 aliphatic rings. The Hall–Kier alpha value is -1.05. The molecule has 1 aromatic heterocycles. The molecule has 2 rings (SSSR count). The van der Waals surface area contributed by atoms with Crippen molar-refractivity contribution in [3.63, 3.8) is 0 Å². The van der Waals surface area contributed by atoms with Crippen LogP contribution in [0.4, 0.5) is 0 Å². The normalized spacial score (nSPS) is 12.1. The Kier molecular flexibility index (Phi) is 5.06. The smallest absolute Gasteiger partial charge is 0.211 e. The Morgan fingerprint density at radius 3 is 2.80 bits per heavy atom. The Morgan fingerprint density at radius 1 is 1.35 bits per heavy atom. The van der Waals surface area contributed by atoms with Gasteiger partial charge < -0.3 is 4.57 Å². The van der Waals surface area contributed by atoms with E-state index in [1.807, 2.05) is 18.2 Å². The Morgan fingerprint density at radius 2 is 2.10 bits per heavy atom. The van der Waals surface area contributed by atoms with Gasteiger partial charge in [-0.25, -0.2) is 18.1 Å². The number of aryl methyl sites for hydroxylation is 1. The second kappa shape index (κ2) is 6.60. The topological polar surface area (TPSA) is 64.0 Å². The maximum absolute atomic E-state index is 11.3. The van der Waals surface area contributed by atoms with Crippen LogP contribution in [0.15, 0.2) is 29.4 Å². The maximum Gasteiger partial charge on any atom is 0.211 e. The summed E-state index contributed by atoms with van der Waals surface area (Å²) in [5.41, 5.74) is 2.11. The van der Waals surface area contributed by atoms with E-state index >= 15 is 0 Å². The highest BCUT2D eigenvalue weighted by Gasteiger charge is 2.10. The number of hydrogen-bond donors (Lipinski definition) is 1. The van der Waals surface area contributed by atoms with Crippen LogP contribution in [-0.2, 0) is 16.6 Å². The molecule has 0 aliphatic heterocycles. The van der Waals surface area contributed by atoms with Crippen molar-refractivity contribution in [2.24, 2.45) is 0 Å². The van der Waals surface area contributed by atoms with Gasteiger partial charge in [0.15, 0.2) is 5.16 Å². The molecule has 2 aromatic rings. The van der Waals surface area contributed by atoms with Crippen molar-refractivity contribution < 1.29 is 8.42 Å². The van der Waals surface area contributed by atoms with Gasteiger partial charge in [0, 0.05) is 12.3 Å². The standard InChI is InChI=1S/C13H19N3O2S2/c1-3-16-12-8-5-4-7-11(12)15-13(16)19-9-6-10-20(17,18)14-2/h4-5,7-8,14H,3,6,9-10H2,1-2H3. The highest BCUT2D eigenvalue weighted by Crippen LogP contribution is 2.24. The fraction of sp³-hybridized carbons (Fsp3) is 0.462. The van der Waals surface area contributed by atoms with E-state index in [0.717, 1.165) is 28.5 Å². The zero-order chi connectivity index (χ0) is 14.6. The van der Waals surface area contributed by atoms with Gasteiger partial charge in [-0.1, -0.05) is 23.9 Å². The van der Waals surface area contributed by atoms with Gasteiger partial charge in [-0.15, -0.1) is 0 Å². The summed E-state index contributed by atoms with van der Waals surface area (Å²) in [7, 11) is -1.66. The van der Waals surface area contributed by atoms with Gasteiger partial charge in [0.25, 0.3) is 0 Å². The predicted molar refractivity (Wildman–Crippen MR) is 83.6 cm³/mol. The van der Waals surface area contributed by atoms with Gasteiger partial charge in [-0.05, 0) is 32.5 Å². The minimum absolute atomic E-state index is 0.156. The molecule has 0 atom stereocenters. The Labute approximate surface area is 123 Å². The van der Waals surface area contributed by atoms with Gasteiger partial charge in [-0.2, -0.15) is 0 Å². The Bertz CT molecular complexity index is 680. The molecule has 110 valence electrons. The van der Waals surface area contributed by atoms with Crippen LogP contribution in [0.1, 0.15) is 13.3 Å². The lowest BCUT2D eigenvalue weighted by Crippen LogP contribution is -2.22. The first-order chi connectivity index (χ1) is 9.57. The number of para-hydroxylation sites is 2. The van der Waals surface area contributed by atoms with Gasteiger partial charge in [0.2, 0.25) is 10.0 Å². The van der Waals surface area contributed by atoms with E-state index in [0.29, 0.717) is 6.42 Å². The van der Waals surface area contributed by atoms with Crippen molar-refractivity contribution in [2.75, 3.05) is 18.6 Å². The maximum atomic E-state index is 11.3. The van der Waals surface area contributed by atoms with Crippen LogP contribution in [0.2, 0.25) is 0 Å². The van der Waals surface area contributed by atoms with Crippen LogP contribution in [0.25, 0.3) is 11.0 Å². The van der Waals surface area contributed by atoms with E-state index in [4.69, 9.17) is 0 Å². The first-order valence-electron chi connectivity index (χ1n) is 6.56. The highest BCUT2D eigenvalue weighted by atomic mass is 32.2. The number of sulfonamides is 1. The van der Waals surface area contributed by atoms with Crippen LogP contribution >= 0.6 is 11.8 Å². The number of aromatic nitrogens is 2. The van der Waals surface area contributed by atoms with Crippen LogP contribution < -0.4 is 4.72 Å². The molecule has 0 saturated heterocycles. The number of thioether (sulfide) groups is 1. The lowest BCUT2D eigenvalue weighted by atomic mass is 10.3. The molecule has 0 bridgehead atoms. The average Bonchev–Trinajstić information content (AvgIpc) is 2.81. The average molecular weight is 313 g/mol. The van der Waals surface area contributed by atoms with Gasteiger partial charge in [-0.3, -0.25) is 0 Å². The number of fused-ring (bicyclic) bond motifs is 1. The van der Waals surface area contributed by atoms with Gasteiger partial charge in [0.05, 0.1) is 16.8 Å². The first kappa shape index (κ1) is 15.3. The molecular formula is C13H19N3O2S2. The fourth-order valence-corrected chi connectivity index (χ4v) is 3.91. The molecule has 0 radical (unpaired) electrons. The van der Waals surface area contributed by atoms with Crippen LogP contribution in [-0.4, -0.2) is 36.5 Å². The molecule has 0 spiro atoms. The lowest BCUT2D eigenvalue weighted by molar-refractivity contribution is 0.587. The van der Waals surface area contributed by atoms with Crippen molar-refractivity contribution in [3.8, 4) is 0 Å². The van der Waals surface area contributed by atoms with Crippen molar-refractivity contribution in [3.05, 3.63) is 24.3 Å². The summed E-state index contributed by atoms with van der Waals surface area (Å²) in [4.78, 5) is 4.60. The third-order valence-corrected chi connectivity index (χ3v) is 5.55. The number of benzene rings is 1. The molecular weight excluding hydrogens is 294 g/mol. The summed E-state index contributed by atoms with van der Waals surface area (Å²) in [6.45, 7) is 2.95. The molecule has 0 fully saturated rings. The molecule has 7 heteroatoms. The largest absolute Gasteiger partial charge is 0.319 e. The minimum Gasteiger partial charge on any atom is -0.319 e. The van der Waals surface area contributed by atoms with E-state index in [1.165, 1.54) is 7.05 Å². The molecule has 0 aliphatic carbocycles.